The molecule has 0 unspecified atom stereocenters. The van der Waals surface area contributed by atoms with Crippen LogP contribution >= 0.6 is 0 Å². The Morgan fingerprint density at radius 1 is 1.12 bits per heavy atom. The van der Waals surface area contributed by atoms with E-state index in [0.29, 0.717) is 25.7 Å². The van der Waals surface area contributed by atoms with E-state index >= 15 is 0 Å². The van der Waals surface area contributed by atoms with Crippen LogP contribution in [0.25, 0.3) is 0 Å². The largest absolute Gasteiger partial charge is 0.467 e. The summed E-state index contributed by atoms with van der Waals surface area (Å²) in [6.07, 6.45) is 7.16. The van der Waals surface area contributed by atoms with Crippen molar-refractivity contribution in [3.05, 3.63) is 12.2 Å². The number of amides is 3. The maximum Gasteiger partial charge on any atom is 0.408 e. The Morgan fingerprint density at radius 3 is 2.50 bits per heavy atom. The van der Waals surface area contributed by atoms with Crippen molar-refractivity contribution in [2.75, 3.05) is 13.7 Å². The highest BCUT2D eigenvalue weighted by atomic mass is 16.6. The van der Waals surface area contributed by atoms with E-state index in [1.807, 2.05) is 12.2 Å². The number of ether oxygens (including phenoxy) is 2. The summed E-state index contributed by atoms with van der Waals surface area (Å²) in [5.41, 5.74) is -0.729. The van der Waals surface area contributed by atoms with Gasteiger partial charge in [-0.2, -0.15) is 0 Å². The summed E-state index contributed by atoms with van der Waals surface area (Å²) in [6, 6.07) is -2.71. The number of fused-ring (bicyclic) bond motifs is 1. The number of nitrogens with zero attached hydrogens (tertiary/aromatic N) is 1. The number of carbonyl (C=O) groups is 4. The monoisotopic (exact) mass is 481 g/mol. The third-order valence-corrected chi connectivity index (χ3v) is 5.81. The lowest BCUT2D eigenvalue weighted by Crippen LogP contribution is -2.55. The normalized spacial score (nSPS) is 27.5. The number of esters is 1. The Kier molecular flexibility index (Phi) is 10.3. The number of methoxy groups -OCH3 is 1. The molecule has 34 heavy (non-hydrogen) atoms. The molecule has 192 valence electrons. The molecule has 0 saturated carbocycles. The Hall–Kier alpha value is -2.62. The fourth-order valence-corrected chi connectivity index (χ4v) is 4.16. The van der Waals surface area contributed by atoms with Crippen molar-refractivity contribution in [3.8, 4) is 0 Å². The quantitative estimate of drug-likeness (QED) is 0.404. The lowest BCUT2D eigenvalue weighted by molar-refractivity contribution is -0.146. The summed E-state index contributed by atoms with van der Waals surface area (Å²) in [4.78, 5) is 52.4. The zero-order chi connectivity index (χ0) is 25.3. The molecule has 0 aromatic rings. The van der Waals surface area contributed by atoms with E-state index in [2.05, 4.69) is 10.6 Å². The number of alkyl carbamates (subject to hydrolysis) is 1. The van der Waals surface area contributed by atoms with Crippen LogP contribution in [0, 0.1) is 0 Å². The van der Waals surface area contributed by atoms with Crippen molar-refractivity contribution in [3.63, 3.8) is 0 Å². The molecule has 2 rings (SSSR count). The van der Waals surface area contributed by atoms with Crippen molar-refractivity contribution < 1.29 is 33.8 Å². The zero-order valence-electron chi connectivity index (χ0n) is 20.7. The van der Waals surface area contributed by atoms with Crippen LogP contribution in [-0.2, 0) is 23.9 Å². The molecule has 4 atom stereocenters. The number of hydrogen-bond acceptors (Lipinski definition) is 7. The molecule has 0 bridgehead atoms. The standard InChI is InChI=1S/C24H39N3O7/c1-24(2,3)34-23(32)26-17-12-10-8-6-5-7-9-11-13-18(22(31)33-4)25-20(29)19-14-16(28)15-27(19)21(17)30/h7,9,16-19,28H,5-6,8,10-15H2,1-4H3,(H,25,29)(H,26,32)/t16-,17-,18-,19-/m0/s1. The highest BCUT2D eigenvalue weighted by Crippen LogP contribution is 2.22. The second-order valence-electron chi connectivity index (χ2n) is 9.87. The first-order chi connectivity index (χ1) is 16.0. The second kappa shape index (κ2) is 12.7. The summed E-state index contributed by atoms with van der Waals surface area (Å²) in [5, 5.41) is 15.6. The van der Waals surface area contributed by atoms with Gasteiger partial charge in [0.15, 0.2) is 0 Å². The van der Waals surface area contributed by atoms with Crippen LogP contribution in [0.15, 0.2) is 12.2 Å². The zero-order valence-corrected chi connectivity index (χ0v) is 20.7. The molecular formula is C24H39N3O7. The van der Waals surface area contributed by atoms with E-state index in [9.17, 15) is 24.3 Å². The second-order valence-corrected chi connectivity index (χ2v) is 9.87. The van der Waals surface area contributed by atoms with Gasteiger partial charge in [0.2, 0.25) is 11.8 Å². The maximum atomic E-state index is 13.4. The molecule has 0 aliphatic carbocycles. The van der Waals surface area contributed by atoms with Crippen LogP contribution in [0.1, 0.15) is 72.1 Å². The Balaban J connectivity index is 2.26. The minimum absolute atomic E-state index is 0.0327. The van der Waals surface area contributed by atoms with Gasteiger partial charge in [-0.15, -0.1) is 0 Å². The number of hydrogen-bond donors (Lipinski definition) is 3. The van der Waals surface area contributed by atoms with Gasteiger partial charge in [0.25, 0.3) is 0 Å². The molecule has 10 nitrogen and oxygen atoms in total. The average molecular weight is 482 g/mol. The highest BCUT2D eigenvalue weighted by molar-refractivity contribution is 5.93. The van der Waals surface area contributed by atoms with Crippen molar-refractivity contribution in [1.29, 1.82) is 0 Å². The van der Waals surface area contributed by atoms with E-state index in [1.165, 1.54) is 12.0 Å². The fraction of sp³-hybridized carbons (Fsp3) is 0.750. The van der Waals surface area contributed by atoms with Crippen LogP contribution in [0.5, 0.6) is 0 Å². The van der Waals surface area contributed by atoms with Crippen molar-refractivity contribution in [2.45, 2.75) is 102 Å². The fourth-order valence-electron chi connectivity index (χ4n) is 4.16. The van der Waals surface area contributed by atoms with Gasteiger partial charge in [0, 0.05) is 13.0 Å². The summed E-state index contributed by atoms with van der Waals surface area (Å²) in [6.45, 7) is 5.16. The number of allylic oxidation sites excluding steroid dienone is 2. The molecule has 2 aliphatic rings. The van der Waals surface area contributed by atoms with Gasteiger partial charge in [-0.05, 0) is 52.9 Å². The van der Waals surface area contributed by atoms with E-state index in [-0.39, 0.29) is 13.0 Å². The van der Waals surface area contributed by atoms with Crippen LogP contribution in [0.4, 0.5) is 4.79 Å². The van der Waals surface area contributed by atoms with Gasteiger partial charge in [-0.1, -0.05) is 25.0 Å². The van der Waals surface area contributed by atoms with E-state index < -0.39 is 53.7 Å². The number of aliphatic hydroxyl groups is 1. The Morgan fingerprint density at radius 2 is 1.82 bits per heavy atom. The van der Waals surface area contributed by atoms with Crippen LogP contribution in [-0.4, -0.2) is 77.4 Å². The first-order valence-corrected chi connectivity index (χ1v) is 12.0. The summed E-state index contributed by atoms with van der Waals surface area (Å²) >= 11 is 0. The van der Waals surface area contributed by atoms with E-state index in [1.54, 1.807) is 20.8 Å². The third-order valence-electron chi connectivity index (χ3n) is 5.81. The number of nitrogens with one attached hydrogen (secondary N) is 2. The average Bonchev–Trinajstić information content (AvgIpc) is 3.15. The van der Waals surface area contributed by atoms with Gasteiger partial charge in [0.05, 0.1) is 13.2 Å². The summed E-state index contributed by atoms with van der Waals surface area (Å²) < 4.78 is 10.2. The first kappa shape index (κ1) is 27.6. The van der Waals surface area contributed by atoms with Crippen molar-refractivity contribution in [1.82, 2.24) is 15.5 Å². The van der Waals surface area contributed by atoms with Crippen molar-refractivity contribution >= 4 is 23.9 Å². The van der Waals surface area contributed by atoms with Crippen LogP contribution < -0.4 is 10.6 Å². The molecule has 0 spiro atoms. The summed E-state index contributed by atoms with van der Waals surface area (Å²) in [5.74, 6) is -1.56. The molecule has 1 fully saturated rings. The third kappa shape index (κ3) is 8.62. The van der Waals surface area contributed by atoms with Gasteiger partial charge >= 0.3 is 12.1 Å². The maximum absolute atomic E-state index is 13.4. The molecule has 1 saturated heterocycles. The molecule has 0 aromatic carbocycles. The minimum atomic E-state index is -0.957. The lowest BCUT2D eigenvalue weighted by atomic mass is 10.0. The van der Waals surface area contributed by atoms with Crippen LogP contribution in [0.3, 0.4) is 0 Å². The topological polar surface area (TPSA) is 134 Å². The minimum Gasteiger partial charge on any atom is -0.467 e. The lowest BCUT2D eigenvalue weighted by Gasteiger charge is -2.30. The smallest absolute Gasteiger partial charge is 0.408 e. The SMILES string of the molecule is COC(=O)[C@@H]1CCC=CCCCCC[C@H](NC(=O)OC(C)(C)C)C(=O)N2C[C@@H](O)C[C@H]2C(=O)N1. The molecule has 3 N–H and O–H groups in total. The van der Waals surface area contributed by atoms with Crippen LogP contribution in [0.2, 0.25) is 0 Å². The Labute approximate surface area is 201 Å². The Bertz CT molecular complexity index is 762. The van der Waals surface area contributed by atoms with Crippen molar-refractivity contribution in [2.24, 2.45) is 0 Å². The highest BCUT2D eigenvalue weighted by Gasteiger charge is 2.42. The number of aliphatic hydroxyl groups excluding tert-OH is 1. The summed E-state index contributed by atoms with van der Waals surface area (Å²) in [7, 11) is 1.26. The molecule has 2 aliphatic heterocycles. The molecular weight excluding hydrogens is 442 g/mol. The number of rotatable bonds is 2. The first-order valence-electron chi connectivity index (χ1n) is 12.0. The van der Waals surface area contributed by atoms with Gasteiger partial charge < -0.3 is 30.1 Å². The molecule has 3 amide bonds. The predicted molar refractivity (Wildman–Crippen MR) is 125 cm³/mol. The molecule has 0 radical (unpaired) electrons. The van der Waals surface area contributed by atoms with Gasteiger partial charge in [0.1, 0.15) is 23.7 Å². The van der Waals surface area contributed by atoms with E-state index in [0.717, 1.165) is 19.3 Å². The molecule has 0 aromatic heterocycles. The predicted octanol–water partition coefficient (Wildman–Crippen LogP) is 1.80. The molecule has 10 heteroatoms. The van der Waals surface area contributed by atoms with Gasteiger partial charge in [-0.25, -0.2) is 9.59 Å². The molecule has 2 heterocycles. The van der Waals surface area contributed by atoms with Gasteiger partial charge in [-0.3, -0.25) is 9.59 Å². The van der Waals surface area contributed by atoms with E-state index in [4.69, 9.17) is 9.47 Å². The number of carbonyl (C=O) groups excluding carboxylic acids is 4.